The topological polar surface area (TPSA) is 69.0 Å². The molecule has 0 saturated heterocycles. The van der Waals surface area contributed by atoms with Crippen molar-refractivity contribution in [3.63, 3.8) is 0 Å². The molecule has 1 aliphatic rings. The first kappa shape index (κ1) is 19.8. The lowest BCUT2D eigenvalue weighted by Crippen LogP contribution is -2.25. The number of carbonyl (C=O) groups excluding carboxylic acids is 1. The fraction of sp³-hybridized carbons (Fsp3) is 0.292. The highest BCUT2D eigenvalue weighted by Gasteiger charge is 2.34. The van der Waals surface area contributed by atoms with E-state index >= 15 is 0 Å². The van der Waals surface area contributed by atoms with Gasteiger partial charge in [-0.2, -0.15) is 9.78 Å². The number of hydrogen-bond acceptors (Lipinski definition) is 5. The minimum Gasteiger partial charge on any atom is -0.494 e. The van der Waals surface area contributed by atoms with Gasteiger partial charge in [0.1, 0.15) is 11.6 Å². The summed E-state index contributed by atoms with van der Waals surface area (Å²) >= 11 is 1.54. The maximum atomic E-state index is 12.7. The SMILES string of the molecule is CCOc1ccc2nc(-n3nc(C)c4c3NC(=O)C[C@H]4c3cc(C)ccc3C)sc2c1. The van der Waals surface area contributed by atoms with Gasteiger partial charge in [0, 0.05) is 17.9 Å². The van der Waals surface area contributed by atoms with E-state index in [0.717, 1.165) is 38.2 Å². The zero-order valence-electron chi connectivity index (χ0n) is 18.0. The van der Waals surface area contributed by atoms with E-state index in [1.54, 1.807) is 4.68 Å². The maximum absolute atomic E-state index is 12.7. The number of nitrogens with one attached hydrogen (secondary N) is 1. The average molecular weight is 433 g/mol. The van der Waals surface area contributed by atoms with Crippen LogP contribution in [0.2, 0.25) is 0 Å². The van der Waals surface area contributed by atoms with Crippen molar-refractivity contribution in [2.75, 3.05) is 11.9 Å². The zero-order valence-corrected chi connectivity index (χ0v) is 18.8. The molecule has 7 heteroatoms. The molecule has 1 N–H and O–H groups in total. The van der Waals surface area contributed by atoms with Gasteiger partial charge >= 0.3 is 0 Å². The molecule has 0 radical (unpaired) electrons. The molecule has 6 nitrogen and oxygen atoms in total. The number of amides is 1. The van der Waals surface area contributed by atoms with E-state index in [4.69, 9.17) is 14.8 Å². The van der Waals surface area contributed by atoms with Crippen LogP contribution in [0.3, 0.4) is 0 Å². The highest BCUT2D eigenvalue weighted by molar-refractivity contribution is 7.20. The van der Waals surface area contributed by atoms with Crippen LogP contribution in [0.5, 0.6) is 5.75 Å². The van der Waals surface area contributed by atoms with Gasteiger partial charge < -0.3 is 10.1 Å². The summed E-state index contributed by atoms with van der Waals surface area (Å²) < 4.78 is 8.43. The van der Waals surface area contributed by atoms with Gasteiger partial charge in [-0.1, -0.05) is 35.1 Å². The first-order chi connectivity index (χ1) is 14.9. The predicted molar refractivity (Wildman–Crippen MR) is 124 cm³/mol. The lowest BCUT2D eigenvalue weighted by Gasteiger charge is -2.25. The molecule has 1 amide bonds. The standard InChI is InChI=1S/C24H24N4O2S/c1-5-30-16-8-9-19-20(11-16)31-24(25-19)28-23-22(15(4)27-28)18(12-21(29)26-23)17-10-13(2)6-7-14(17)3/h6-11,18H,5,12H2,1-4H3,(H,26,29)/t18-/m0/s1. The quantitative estimate of drug-likeness (QED) is 0.476. The number of nitrogens with zero attached hydrogens (tertiary/aromatic N) is 3. The number of hydrogen-bond donors (Lipinski definition) is 1. The molecule has 1 atom stereocenters. The summed E-state index contributed by atoms with van der Waals surface area (Å²) in [6, 6.07) is 12.3. The number of aromatic nitrogens is 3. The van der Waals surface area contributed by atoms with Gasteiger partial charge in [0.2, 0.25) is 11.0 Å². The molecule has 4 aromatic rings. The predicted octanol–water partition coefficient (Wildman–Crippen LogP) is 5.28. The van der Waals surface area contributed by atoms with Crippen molar-refractivity contribution in [2.24, 2.45) is 0 Å². The molecule has 5 rings (SSSR count). The van der Waals surface area contributed by atoms with Gasteiger partial charge in [0.15, 0.2) is 0 Å². The molecule has 158 valence electrons. The summed E-state index contributed by atoms with van der Waals surface area (Å²) in [5.74, 6) is 1.53. The van der Waals surface area contributed by atoms with E-state index in [1.165, 1.54) is 28.0 Å². The summed E-state index contributed by atoms with van der Waals surface area (Å²) in [7, 11) is 0. The van der Waals surface area contributed by atoms with E-state index in [9.17, 15) is 4.79 Å². The molecule has 2 aromatic carbocycles. The third kappa shape index (κ3) is 3.39. The highest BCUT2D eigenvalue weighted by atomic mass is 32.1. The summed E-state index contributed by atoms with van der Waals surface area (Å²) in [6.45, 7) is 8.78. The van der Waals surface area contributed by atoms with Crippen LogP contribution in [-0.4, -0.2) is 27.3 Å². The molecule has 3 heterocycles. The fourth-order valence-electron chi connectivity index (χ4n) is 4.33. The lowest BCUT2D eigenvalue weighted by atomic mass is 9.83. The second kappa shape index (κ2) is 7.50. The Morgan fingerprint density at radius 2 is 2.03 bits per heavy atom. The summed E-state index contributed by atoms with van der Waals surface area (Å²) in [5.41, 5.74) is 6.43. The fourth-order valence-corrected chi connectivity index (χ4v) is 5.28. The normalized spacial score (nSPS) is 15.7. The Balaban J connectivity index is 1.64. The van der Waals surface area contributed by atoms with Crippen molar-refractivity contribution < 1.29 is 9.53 Å². The number of ether oxygens (including phenoxy) is 1. The molecule has 0 saturated carbocycles. The van der Waals surface area contributed by atoms with Crippen LogP contribution in [-0.2, 0) is 4.79 Å². The Labute approximate surface area is 184 Å². The van der Waals surface area contributed by atoms with Crippen molar-refractivity contribution >= 4 is 33.3 Å². The van der Waals surface area contributed by atoms with Crippen molar-refractivity contribution in [2.45, 2.75) is 40.0 Å². The number of thiazole rings is 1. The summed E-state index contributed by atoms with van der Waals surface area (Å²) in [6.07, 6.45) is 0.418. The average Bonchev–Trinajstić information content (AvgIpc) is 3.30. The van der Waals surface area contributed by atoms with Crippen LogP contribution in [0, 0.1) is 20.8 Å². The Hall–Kier alpha value is -3.19. The minimum absolute atomic E-state index is 0.000649. The maximum Gasteiger partial charge on any atom is 0.226 e. The van der Waals surface area contributed by atoms with E-state index in [-0.39, 0.29) is 11.8 Å². The Bertz CT molecular complexity index is 1320. The number of anilines is 1. The van der Waals surface area contributed by atoms with Crippen molar-refractivity contribution in [1.29, 1.82) is 0 Å². The molecule has 0 spiro atoms. The van der Waals surface area contributed by atoms with Crippen molar-refractivity contribution in [3.8, 4) is 10.9 Å². The van der Waals surface area contributed by atoms with Gasteiger partial charge in [0.25, 0.3) is 0 Å². The molecular weight excluding hydrogens is 408 g/mol. The zero-order chi connectivity index (χ0) is 21.7. The van der Waals surface area contributed by atoms with Gasteiger partial charge in [-0.3, -0.25) is 4.79 Å². The molecule has 0 unspecified atom stereocenters. The van der Waals surface area contributed by atoms with Crippen LogP contribution in [0.1, 0.15) is 47.2 Å². The Morgan fingerprint density at radius 3 is 2.84 bits per heavy atom. The highest BCUT2D eigenvalue weighted by Crippen LogP contribution is 2.42. The first-order valence-electron chi connectivity index (χ1n) is 10.4. The van der Waals surface area contributed by atoms with Gasteiger partial charge in [-0.25, -0.2) is 4.98 Å². The summed E-state index contributed by atoms with van der Waals surface area (Å²) in [4.78, 5) is 17.5. The third-order valence-corrected chi connectivity index (χ3v) is 6.75. The van der Waals surface area contributed by atoms with Gasteiger partial charge in [-0.15, -0.1) is 0 Å². The monoisotopic (exact) mass is 432 g/mol. The van der Waals surface area contributed by atoms with Gasteiger partial charge in [0.05, 0.1) is 22.5 Å². The number of fused-ring (bicyclic) bond motifs is 2. The van der Waals surface area contributed by atoms with Crippen LogP contribution in [0.25, 0.3) is 15.3 Å². The molecule has 31 heavy (non-hydrogen) atoms. The number of benzene rings is 2. The molecule has 0 bridgehead atoms. The smallest absolute Gasteiger partial charge is 0.226 e. The van der Waals surface area contributed by atoms with Crippen molar-refractivity contribution in [3.05, 3.63) is 64.3 Å². The van der Waals surface area contributed by atoms with E-state index in [1.807, 2.05) is 32.0 Å². The molecule has 0 fully saturated rings. The van der Waals surface area contributed by atoms with Crippen molar-refractivity contribution in [1.82, 2.24) is 14.8 Å². The van der Waals surface area contributed by atoms with Crippen LogP contribution < -0.4 is 10.1 Å². The summed E-state index contributed by atoms with van der Waals surface area (Å²) in [5, 5.41) is 8.59. The Morgan fingerprint density at radius 1 is 1.19 bits per heavy atom. The largest absolute Gasteiger partial charge is 0.494 e. The number of carbonyl (C=O) groups is 1. The van der Waals surface area contributed by atoms with E-state index in [0.29, 0.717) is 13.0 Å². The number of aryl methyl sites for hydroxylation is 3. The first-order valence-corrected chi connectivity index (χ1v) is 11.3. The van der Waals surface area contributed by atoms with E-state index < -0.39 is 0 Å². The molecular formula is C24H24N4O2S. The molecule has 1 aliphatic heterocycles. The molecule has 0 aliphatic carbocycles. The third-order valence-electron chi connectivity index (χ3n) is 5.75. The van der Waals surface area contributed by atoms with Crippen LogP contribution in [0.4, 0.5) is 5.82 Å². The van der Waals surface area contributed by atoms with E-state index in [2.05, 4.69) is 37.4 Å². The van der Waals surface area contributed by atoms with Crippen LogP contribution in [0.15, 0.2) is 36.4 Å². The second-order valence-electron chi connectivity index (χ2n) is 7.98. The second-order valence-corrected chi connectivity index (χ2v) is 8.99. The van der Waals surface area contributed by atoms with Gasteiger partial charge in [-0.05, 0) is 57.0 Å². The van der Waals surface area contributed by atoms with Crippen LogP contribution >= 0.6 is 11.3 Å². The number of rotatable bonds is 4. The molecule has 2 aromatic heterocycles. The lowest BCUT2D eigenvalue weighted by molar-refractivity contribution is -0.116. The Kier molecular flexibility index (Phi) is 4.78. The minimum atomic E-state index is -0.0173.